The molecule has 4 aliphatic rings. The predicted molar refractivity (Wildman–Crippen MR) is 95.6 cm³/mol. The summed E-state index contributed by atoms with van der Waals surface area (Å²) in [6, 6.07) is 0.327. The quantitative estimate of drug-likeness (QED) is 0.684. The predicted octanol–water partition coefficient (Wildman–Crippen LogP) is 3.42. The van der Waals surface area contributed by atoms with Crippen LogP contribution in [-0.4, -0.2) is 37.0 Å². The molecule has 0 aromatic carbocycles. The first-order valence-electron chi connectivity index (χ1n) is 9.87. The molecule has 4 nitrogen and oxygen atoms in total. The maximum atomic E-state index is 12.3. The average molecular weight is 345 g/mol. The first-order chi connectivity index (χ1) is 11.8. The highest BCUT2D eigenvalue weighted by molar-refractivity contribution is 5.89. The van der Waals surface area contributed by atoms with Gasteiger partial charge in [0.1, 0.15) is 0 Å². The lowest BCUT2D eigenvalue weighted by atomic mass is 9.47. The molecule has 4 heteroatoms. The fourth-order valence-electron chi connectivity index (χ4n) is 7.27. The SMILES string of the molecule is COC(=O)C1CCC2C3CCC4N(C)C(=O)C=C[C@]4(C)C3CC[C@]12C. The van der Waals surface area contributed by atoms with Gasteiger partial charge in [0.15, 0.2) is 0 Å². The zero-order chi connectivity index (χ0) is 18.0. The van der Waals surface area contributed by atoms with Gasteiger partial charge in [-0.15, -0.1) is 0 Å². The van der Waals surface area contributed by atoms with Crippen molar-refractivity contribution >= 4 is 11.9 Å². The molecule has 0 radical (unpaired) electrons. The molecule has 7 atom stereocenters. The highest BCUT2D eigenvalue weighted by atomic mass is 16.5. The first kappa shape index (κ1) is 17.1. The van der Waals surface area contributed by atoms with Crippen LogP contribution in [0.5, 0.6) is 0 Å². The summed E-state index contributed by atoms with van der Waals surface area (Å²) < 4.78 is 5.12. The van der Waals surface area contributed by atoms with E-state index in [4.69, 9.17) is 4.74 Å². The van der Waals surface area contributed by atoms with Crippen molar-refractivity contribution in [1.82, 2.24) is 4.90 Å². The molecule has 0 spiro atoms. The lowest BCUT2D eigenvalue weighted by Crippen LogP contribution is -2.59. The summed E-state index contributed by atoms with van der Waals surface area (Å²) in [6.07, 6.45) is 10.7. The highest BCUT2D eigenvalue weighted by Gasteiger charge is 2.61. The Balaban J connectivity index is 1.65. The van der Waals surface area contributed by atoms with Gasteiger partial charge in [-0.25, -0.2) is 0 Å². The summed E-state index contributed by atoms with van der Waals surface area (Å²) in [6.45, 7) is 4.70. The normalized spacial score (nSPS) is 48.6. The van der Waals surface area contributed by atoms with Crippen LogP contribution in [0.4, 0.5) is 0 Å². The van der Waals surface area contributed by atoms with Crippen LogP contribution in [0.3, 0.4) is 0 Å². The van der Waals surface area contributed by atoms with Gasteiger partial charge in [-0.1, -0.05) is 19.9 Å². The molecule has 1 aliphatic heterocycles. The lowest BCUT2D eigenvalue weighted by molar-refractivity contribution is -0.155. The van der Waals surface area contributed by atoms with Gasteiger partial charge in [-0.3, -0.25) is 9.59 Å². The summed E-state index contributed by atoms with van der Waals surface area (Å²) in [7, 11) is 3.49. The van der Waals surface area contributed by atoms with E-state index in [1.165, 1.54) is 13.5 Å². The van der Waals surface area contributed by atoms with Crippen molar-refractivity contribution in [3.05, 3.63) is 12.2 Å². The van der Waals surface area contributed by atoms with E-state index >= 15 is 0 Å². The number of rotatable bonds is 1. The Hall–Kier alpha value is -1.32. The standard InChI is InChI=1S/C21H31NO3/c1-20-11-9-15-13(14(20)6-7-16(20)19(24)25-4)5-8-17-21(15,2)12-10-18(23)22(17)3/h10,12-17H,5-9,11H2,1-4H3/t13?,14?,15?,16?,17?,20-,21+/m0/s1. The van der Waals surface area contributed by atoms with Gasteiger partial charge in [0.25, 0.3) is 0 Å². The van der Waals surface area contributed by atoms with Gasteiger partial charge in [0.2, 0.25) is 5.91 Å². The molecule has 3 aliphatic carbocycles. The second-order valence-corrected chi connectivity index (χ2v) is 9.32. The fraction of sp³-hybridized carbons (Fsp3) is 0.810. The third-order valence-corrected chi connectivity index (χ3v) is 8.61. The van der Waals surface area contributed by atoms with Crippen molar-refractivity contribution in [2.75, 3.05) is 14.2 Å². The van der Waals surface area contributed by atoms with Crippen molar-refractivity contribution < 1.29 is 14.3 Å². The molecule has 25 heavy (non-hydrogen) atoms. The number of ether oxygens (including phenoxy) is 1. The van der Waals surface area contributed by atoms with Crippen LogP contribution < -0.4 is 0 Å². The molecule has 1 amide bonds. The Kier molecular flexibility index (Phi) is 3.82. The maximum absolute atomic E-state index is 12.3. The van der Waals surface area contributed by atoms with E-state index in [0.717, 1.165) is 32.1 Å². The number of hydrogen-bond acceptors (Lipinski definition) is 3. The second kappa shape index (κ2) is 5.59. The number of hydrogen-bond donors (Lipinski definition) is 0. The minimum Gasteiger partial charge on any atom is -0.469 e. The van der Waals surface area contributed by atoms with E-state index in [0.29, 0.717) is 23.8 Å². The molecule has 0 aromatic rings. The average Bonchev–Trinajstić information content (AvgIpc) is 2.95. The molecule has 3 saturated carbocycles. The second-order valence-electron chi connectivity index (χ2n) is 9.32. The summed E-state index contributed by atoms with van der Waals surface area (Å²) in [5.41, 5.74) is 0.174. The van der Waals surface area contributed by atoms with Gasteiger partial charge in [0.05, 0.1) is 13.0 Å². The number of esters is 1. The first-order valence-corrected chi connectivity index (χ1v) is 9.87. The van der Waals surface area contributed by atoms with E-state index in [-0.39, 0.29) is 28.6 Å². The molecular formula is C21H31NO3. The Morgan fingerprint density at radius 2 is 1.92 bits per heavy atom. The Bertz CT molecular complexity index is 629. The molecule has 4 rings (SSSR count). The Labute approximate surface area is 151 Å². The largest absolute Gasteiger partial charge is 0.469 e. The van der Waals surface area contributed by atoms with Crippen LogP contribution in [0.15, 0.2) is 12.2 Å². The minimum absolute atomic E-state index is 0.00811. The molecule has 5 unspecified atom stereocenters. The highest BCUT2D eigenvalue weighted by Crippen LogP contribution is 2.65. The zero-order valence-corrected chi connectivity index (χ0v) is 16.0. The number of carbonyl (C=O) groups excluding carboxylic acids is 2. The molecule has 1 heterocycles. The van der Waals surface area contributed by atoms with E-state index in [9.17, 15) is 9.59 Å². The van der Waals surface area contributed by atoms with Crippen molar-refractivity contribution in [2.24, 2.45) is 34.5 Å². The van der Waals surface area contributed by atoms with Crippen molar-refractivity contribution in [2.45, 2.75) is 58.4 Å². The van der Waals surface area contributed by atoms with Gasteiger partial charge < -0.3 is 9.64 Å². The number of methoxy groups -OCH3 is 1. The Morgan fingerprint density at radius 1 is 1.16 bits per heavy atom. The van der Waals surface area contributed by atoms with E-state index in [1.54, 1.807) is 6.08 Å². The van der Waals surface area contributed by atoms with Crippen LogP contribution >= 0.6 is 0 Å². The number of carbonyl (C=O) groups is 2. The molecule has 0 N–H and O–H groups in total. The zero-order valence-electron chi connectivity index (χ0n) is 16.0. The summed E-state index contributed by atoms with van der Waals surface area (Å²) in [5.74, 6) is 2.11. The smallest absolute Gasteiger partial charge is 0.309 e. The summed E-state index contributed by atoms with van der Waals surface area (Å²) >= 11 is 0. The number of fused-ring (bicyclic) bond motifs is 5. The molecule has 3 fully saturated rings. The van der Waals surface area contributed by atoms with E-state index in [2.05, 4.69) is 19.9 Å². The molecule has 0 saturated heterocycles. The van der Waals surface area contributed by atoms with Gasteiger partial charge >= 0.3 is 5.97 Å². The topological polar surface area (TPSA) is 46.6 Å². The van der Waals surface area contributed by atoms with Gasteiger partial charge in [0, 0.05) is 18.5 Å². The summed E-state index contributed by atoms with van der Waals surface area (Å²) in [5, 5.41) is 0. The minimum atomic E-state index is -0.00811. The fourth-order valence-corrected chi connectivity index (χ4v) is 7.27. The molecule has 138 valence electrons. The number of nitrogens with zero attached hydrogens (tertiary/aromatic N) is 1. The van der Waals surface area contributed by atoms with E-state index in [1.807, 2.05) is 11.9 Å². The van der Waals surface area contributed by atoms with Crippen molar-refractivity contribution in [3.8, 4) is 0 Å². The maximum Gasteiger partial charge on any atom is 0.309 e. The van der Waals surface area contributed by atoms with Crippen LogP contribution in [0.25, 0.3) is 0 Å². The van der Waals surface area contributed by atoms with Crippen LogP contribution in [0.1, 0.15) is 52.4 Å². The summed E-state index contributed by atoms with van der Waals surface area (Å²) in [4.78, 5) is 26.4. The molecule has 0 bridgehead atoms. The van der Waals surface area contributed by atoms with Crippen LogP contribution in [0, 0.1) is 34.5 Å². The van der Waals surface area contributed by atoms with Crippen LogP contribution in [0.2, 0.25) is 0 Å². The van der Waals surface area contributed by atoms with Crippen LogP contribution in [-0.2, 0) is 14.3 Å². The number of likely N-dealkylation sites (N-methyl/N-ethyl adjacent to an activating group) is 1. The third-order valence-electron chi connectivity index (χ3n) is 8.61. The molecule has 0 aromatic heterocycles. The monoisotopic (exact) mass is 345 g/mol. The Morgan fingerprint density at radius 3 is 2.64 bits per heavy atom. The lowest BCUT2D eigenvalue weighted by Gasteiger charge is -2.60. The van der Waals surface area contributed by atoms with Crippen molar-refractivity contribution in [3.63, 3.8) is 0 Å². The molecular weight excluding hydrogens is 314 g/mol. The van der Waals surface area contributed by atoms with Gasteiger partial charge in [-0.05, 0) is 67.8 Å². The van der Waals surface area contributed by atoms with E-state index < -0.39 is 0 Å². The van der Waals surface area contributed by atoms with Gasteiger partial charge in [-0.2, -0.15) is 0 Å². The van der Waals surface area contributed by atoms with Crippen molar-refractivity contribution in [1.29, 1.82) is 0 Å². The third kappa shape index (κ3) is 2.18. The number of amides is 1.